The van der Waals surface area contributed by atoms with E-state index in [0.29, 0.717) is 16.3 Å². The van der Waals surface area contributed by atoms with Gasteiger partial charge in [0.05, 0.1) is 27.7 Å². The molecule has 3 heterocycles. The molecule has 0 saturated heterocycles. The Kier molecular flexibility index (Phi) is 4.58. The van der Waals surface area contributed by atoms with E-state index in [1.165, 1.54) is 11.3 Å². The lowest BCUT2D eigenvalue weighted by Crippen LogP contribution is -2.26. The number of carbonyl (C=O) groups is 1. The molecule has 1 aliphatic heterocycles. The molecule has 7 heteroatoms. The van der Waals surface area contributed by atoms with E-state index in [2.05, 4.69) is 9.97 Å². The Hall–Kier alpha value is -3.09. The zero-order chi connectivity index (χ0) is 19.8. The number of halogens is 1. The molecular weight excluding hydrogens is 404 g/mol. The van der Waals surface area contributed by atoms with Crippen LogP contribution in [0.15, 0.2) is 77.5 Å². The molecule has 1 aliphatic rings. The second-order valence-electron chi connectivity index (χ2n) is 6.71. The number of aromatic nitrogens is 2. The van der Waals surface area contributed by atoms with Crippen LogP contribution < -0.4 is 0 Å². The molecular formula is C22H15ClN4OS. The second-order valence-corrected chi connectivity index (χ2v) is 8.09. The van der Waals surface area contributed by atoms with Gasteiger partial charge in [-0.3, -0.25) is 14.8 Å². The monoisotopic (exact) mass is 418 g/mol. The first kappa shape index (κ1) is 18.0. The fraction of sp³-hybridized carbons (Fsp3) is 0.0909. The molecule has 5 rings (SSSR count). The summed E-state index contributed by atoms with van der Waals surface area (Å²) in [4.78, 5) is 22.6. The number of fused-ring (bicyclic) bond motifs is 1. The van der Waals surface area contributed by atoms with E-state index < -0.39 is 0 Å². The van der Waals surface area contributed by atoms with E-state index >= 15 is 0 Å². The van der Waals surface area contributed by atoms with Gasteiger partial charge in [-0.2, -0.15) is 5.10 Å². The third-order valence-electron chi connectivity index (χ3n) is 4.91. The third-order valence-corrected chi connectivity index (χ3v) is 6.02. The molecule has 5 nitrogen and oxygen atoms in total. The van der Waals surface area contributed by atoms with Crippen molar-refractivity contribution in [1.82, 2.24) is 15.0 Å². The van der Waals surface area contributed by atoms with E-state index in [1.54, 1.807) is 17.4 Å². The van der Waals surface area contributed by atoms with Crippen LogP contribution in [0, 0.1) is 0 Å². The minimum absolute atomic E-state index is 0.104. The van der Waals surface area contributed by atoms with E-state index in [4.69, 9.17) is 16.7 Å². The second kappa shape index (κ2) is 7.39. The fourth-order valence-corrected chi connectivity index (χ4v) is 4.26. The van der Waals surface area contributed by atoms with Gasteiger partial charge in [-0.25, -0.2) is 5.01 Å². The Morgan fingerprint density at radius 3 is 2.59 bits per heavy atom. The summed E-state index contributed by atoms with van der Waals surface area (Å²) in [5.74, 6) is -0.104. The van der Waals surface area contributed by atoms with Crippen LogP contribution in [0.5, 0.6) is 0 Å². The van der Waals surface area contributed by atoms with Gasteiger partial charge in [0.1, 0.15) is 0 Å². The molecule has 142 valence electrons. The quantitative estimate of drug-likeness (QED) is 0.451. The fourth-order valence-electron chi connectivity index (χ4n) is 3.47. The van der Waals surface area contributed by atoms with Gasteiger partial charge >= 0.3 is 0 Å². The normalized spacial score (nSPS) is 16.2. The highest BCUT2D eigenvalue weighted by molar-refractivity contribution is 7.12. The van der Waals surface area contributed by atoms with Crippen LogP contribution in [0.3, 0.4) is 0 Å². The molecule has 4 aromatic rings. The molecule has 0 bridgehead atoms. The smallest absolute Gasteiger partial charge is 0.266 e. The van der Waals surface area contributed by atoms with Gasteiger partial charge in [0.2, 0.25) is 0 Å². The average molecular weight is 419 g/mol. The number of thiophene rings is 1. The van der Waals surface area contributed by atoms with Crippen molar-refractivity contribution in [1.29, 1.82) is 0 Å². The Labute approximate surface area is 176 Å². The Balaban J connectivity index is 1.56. The van der Waals surface area contributed by atoms with Gasteiger partial charge in [-0.1, -0.05) is 35.9 Å². The maximum absolute atomic E-state index is 13.2. The average Bonchev–Trinajstić information content (AvgIpc) is 3.44. The van der Waals surface area contributed by atoms with Gasteiger partial charge in [0.15, 0.2) is 0 Å². The van der Waals surface area contributed by atoms with Gasteiger partial charge in [0.25, 0.3) is 5.91 Å². The number of amides is 1. The van der Waals surface area contributed by atoms with Crippen LogP contribution in [0.2, 0.25) is 5.02 Å². The molecule has 2 aromatic carbocycles. The molecule has 0 N–H and O–H groups in total. The van der Waals surface area contributed by atoms with Crippen molar-refractivity contribution in [3.63, 3.8) is 0 Å². The van der Waals surface area contributed by atoms with Crippen molar-refractivity contribution in [3.05, 3.63) is 93.4 Å². The molecule has 0 aliphatic carbocycles. The summed E-state index contributed by atoms with van der Waals surface area (Å²) in [7, 11) is 0. The topological polar surface area (TPSA) is 58.5 Å². The number of nitrogens with zero attached hydrogens (tertiary/aromatic N) is 4. The van der Waals surface area contributed by atoms with Gasteiger partial charge in [-0.15, -0.1) is 11.3 Å². The predicted octanol–water partition coefficient (Wildman–Crippen LogP) is 5.34. The van der Waals surface area contributed by atoms with Crippen molar-refractivity contribution >= 4 is 45.6 Å². The SMILES string of the molecule is O=C(c1cccs1)N1N=C(c2ccc(Cl)cc2)CC1c1ccc2nccnc2c1. The first-order chi connectivity index (χ1) is 14.2. The summed E-state index contributed by atoms with van der Waals surface area (Å²) in [6.07, 6.45) is 3.96. The summed E-state index contributed by atoms with van der Waals surface area (Å²) in [6, 6.07) is 17.0. The minimum Gasteiger partial charge on any atom is -0.266 e. The zero-order valence-corrected chi connectivity index (χ0v) is 16.8. The van der Waals surface area contributed by atoms with Crippen LogP contribution in [-0.2, 0) is 0 Å². The Morgan fingerprint density at radius 2 is 1.83 bits per heavy atom. The molecule has 29 heavy (non-hydrogen) atoms. The van der Waals surface area contributed by atoms with E-state index in [0.717, 1.165) is 27.9 Å². The van der Waals surface area contributed by atoms with E-state index in [9.17, 15) is 4.79 Å². The van der Waals surface area contributed by atoms with E-state index in [-0.39, 0.29) is 11.9 Å². The highest BCUT2D eigenvalue weighted by Gasteiger charge is 2.34. The standard InChI is InChI=1S/C22H15ClN4OS/c23-16-6-3-14(4-7-16)18-13-20(27(26-18)22(28)21-2-1-11-29-21)15-5-8-17-19(12-15)25-10-9-24-17/h1-12,20H,13H2. The molecule has 1 atom stereocenters. The number of benzene rings is 2. The maximum Gasteiger partial charge on any atom is 0.284 e. The largest absolute Gasteiger partial charge is 0.284 e. The first-order valence-corrected chi connectivity index (χ1v) is 10.4. The molecule has 1 unspecified atom stereocenters. The number of hydrogen-bond donors (Lipinski definition) is 0. The molecule has 1 amide bonds. The van der Waals surface area contributed by atoms with Crippen molar-refractivity contribution in [2.24, 2.45) is 5.10 Å². The highest BCUT2D eigenvalue weighted by Crippen LogP contribution is 2.35. The number of rotatable bonds is 3. The van der Waals surface area contributed by atoms with Crippen LogP contribution in [0.1, 0.15) is 33.3 Å². The lowest BCUT2D eigenvalue weighted by molar-refractivity contribution is 0.0716. The number of carbonyl (C=O) groups excluding carboxylic acids is 1. The van der Waals surface area contributed by atoms with Gasteiger partial charge < -0.3 is 0 Å². The molecule has 0 spiro atoms. The molecule has 0 saturated carbocycles. The van der Waals surface area contributed by atoms with Crippen molar-refractivity contribution < 1.29 is 4.79 Å². The highest BCUT2D eigenvalue weighted by atomic mass is 35.5. The van der Waals surface area contributed by atoms with Crippen LogP contribution in [0.25, 0.3) is 11.0 Å². The summed E-state index contributed by atoms with van der Waals surface area (Å²) in [6.45, 7) is 0. The minimum atomic E-state index is -0.207. The Morgan fingerprint density at radius 1 is 1.03 bits per heavy atom. The van der Waals surface area contributed by atoms with Gasteiger partial charge in [-0.05, 0) is 46.8 Å². The molecule has 0 fully saturated rings. The van der Waals surface area contributed by atoms with Crippen LogP contribution in [-0.4, -0.2) is 26.6 Å². The number of hydrazone groups is 1. The lowest BCUT2D eigenvalue weighted by atomic mass is 9.98. The van der Waals surface area contributed by atoms with Crippen molar-refractivity contribution in [3.8, 4) is 0 Å². The third kappa shape index (κ3) is 3.41. The zero-order valence-electron chi connectivity index (χ0n) is 15.2. The van der Waals surface area contributed by atoms with Crippen molar-refractivity contribution in [2.75, 3.05) is 0 Å². The molecule has 0 radical (unpaired) electrons. The lowest BCUT2D eigenvalue weighted by Gasteiger charge is -2.21. The van der Waals surface area contributed by atoms with Gasteiger partial charge in [0, 0.05) is 23.8 Å². The van der Waals surface area contributed by atoms with Crippen LogP contribution >= 0.6 is 22.9 Å². The summed E-state index contributed by atoms with van der Waals surface area (Å²) >= 11 is 7.45. The van der Waals surface area contributed by atoms with E-state index in [1.807, 2.05) is 60.0 Å². The maximum atomic E-state index is 13.2. The first-order valence-electron chi connectivity index (χ1n) is 9.10. The predicted molar refractivity (Wildman–Crippen MR) is 115 cm³/mol. The Bertz CT molecular complexity index is 1220. The number of hydrogen-bond acceptors (Lipinski definition) is 5. The van der Waals surface area contributed by atoms with Crippen molar-refractivity contribution in [2.45, 2.75) is 12.5 Å². The summed E-state index contributed by atoms with van der Waals surface area (Å²) in [5.41, 5.74) is 4.42. The summed E-state index contributed by atoms with van der Waals surface area (Å²) < 4.78 is 0. The van der Waals surface area contributed by atoms with Crippen LogP contribution in [0.4, 0.5) is 0 Å². The molecule has 2 aromatic heterocycles. The summed E-state index contributed by atoms with van der Waals surface area (Å²) in [5, 5.41) is 8.87.